The molecule has 14 heavy (non-hydrogen) atoms. The molecule has 3 N–H and O–H groups in total. The van der Waals surface area contributed by atoms with Crippen LogP contribution in [0.4, 0.5) is 4.39 Å². The minimum absolute atomic E-state index is 0.202. The molecule has 0 spiro atoms. The smallest absolute Gasteiger partial charge is 0.142 e. The summed E-state index contributed by atoms with van der Waals surface area (Å²) in [6.45, 7) is 2.06. The van der Waals surface area contributed by atoms with Crippen LogP contribution in [0, 0.1) is 5.82 Å². The Morgan fingerprint density at radius 3 is 2.93 bits per heavy atom. The number of hydrogen-bond donors (Lipinski definition) is 2. The Hall–Kier alpha value is -0.640. The quantitative estimate of drug-likeness (QED) is 0.738. The van der Waals surface area contributed by atoms with Crippen molar-refractivity contribution in [2.75, 3.05) is 13.1 Å². The topological polar surface area (TPSA) is 38.0 Å². The molecule has 0 bridgehead atoms. The third kappa shape index (κ3) is 3.25. The lowest BCUT2D eigenvalue weighted by Gasteiger charge is -2.06. The number of nitrogens with two attached hydrogens (primary N) is 1. The predicted molar refractivity (Wildman–Crippen MR) is 56.8 cm³/mol. The van der Waals surface area contributed by atoms with Crippen molar-refractivity contribution >= 4 is 11.6 Å². The molecule has 78 valence electrons. The zero-order valence-electron chi connectivity index (χ0n) is 7.89. The van der Waals surface area contributed by atoms with Gasteiger partial charge in [0.2, 0.25) is 0 Å². The van der Waals surface area contributed by atoms with E-state index in [4.69, 9.17) is 17.3 Å². The number of hydrogen-bond acceptors (Lipinski definition) is 2. The molecule has 2 nitrogen and oxygen atoms in total. The van der Waals surface area contributed by atoms with Crippen molar-refractivity contribution in [3.05, 3.63) is 34.6 Å². The summed E-state index contributed by atoms with van der Waals surface area (Å²) in [4.78, 5) is 0. The monoisotopic (exact) mass is 216 g/mol. The molecule has 4 heteroatoms. The van der Waals surface area contributed by atoms with Crippen molar-refractivity contribution in [1.82, 2.24) is 5.32 Å². The molecule has 0 fully saturated rings. The van der Waals surface area contributed by atoms with E-state index in [1.54, 1.807) is 12.1 Å². The molecule has 0 aliphatic heterocycles. The number of nitrogens with one attached hydrogen (secondary N) is 1. The van der Waals surface area contributed by atoms with Gasteiger partial charge in [-0.05, 0) is 31.1 Å². The molecule has 0 aliphatic rings. The van der Waals surface area contributed by atoms with Gasteiger partial charge in [-0.25, -0.2) is 4.39 Å². The molecule has 1 aromatic carbocycles. The Balaban J connectivity index is 2.46. The van der Waals surface area contributed by atoms with Crippen molar-refractivity contribution in [3.8, 4) is 0 Å². The standard InChI is InChI=1S/C10H14ClFN2/c11-10-8(3-1-4-9(10)12)7-14-6-2-5-13/h1,3-4,14H,2,5-7,13H2. The van der Waals surface area contributed by atoms with Gasteiger partial charge in [0.25, 0.3) is 0 Å². The average molecular weight is 217 g/mol. The highest BCUT2D eigenvalue weighted by Crippen LogP contribution is 2.19. The summed E-state index contributed by atoms with van der Waals surface area (Å²) in [5.74, 6) is -0.371. The summed E-state index contributed by atoms with van der Waals surface area (Å²) in [7, 11) is 0. The highest BCUT2D eigenvalue weighted by Gasteiger charge is 2.03. The molecule has 1 rings (SSSR count). The summed E-state index contributed by atoms with van der Waals surface area (Å²) in [5, 5.41) is 3.34. The molecule has 0 heterocycles. The Morgan fingerprint density at radius 2 is 2.21 bits per heavy atom. The fourth-order valence-electron chi connectivity index (χ4n) is 1.14. The van der Waals surface area contributed by atoms with E-state index < -0.39 is 0 Å². The van der Waals surface area contributed by atoms with Crippen LogP contribution in [-0.2, 0) is 6.54 Å². The first kappa shape index (κ1) is 11.4. The fourth-order valence-corrected chi connectivity index (χ4v) is 1.33. The minimum Gasteiger partial charge on any atom is -0.330 e. The van der Waals surface area contributed by atoms with Gasteiger partial charge >= 0.3 is 0 Å². The van der Waals surface area contributed by atoms with Gasteiger partial charge in [-0.1, -0.05) is 23.7 Å². The SMILES string of the molecule is NCCCNCc1cccc(F)c1Cl. The van der Waals surface area contributed by atoms with Crippen LogP contribution >= 0.6 is 11.6 Å². The molecule has 1 aromatic rings. The molecule has 0 saturated carbocycles. The Labute approximate surface area is 88.2 Å². The lowest BCUT2D eigenvalue weighted by Crippen LogP contribution is -2.18. The molecule has 0 atom stereocenters. The van der Waals surface area contributed by atoms with E-state index in [2.05, 4.69) is 5.32 Å². The second kappa shape index (κ2) is 5.96. The minimum atomic E-state index is -0.371. The van der Waals surface area contributed by atoms with E-state index in [0.29, 0.717) is 13.1 Å². The maximum absolute atomic E-state index is 13.0. The van der Waals surface area contributed by atoms with Gasteiger partial charge in [-0.15, -0.1) is 0 Å². The van der Waals surface area contributed by atoms with Crippen LogP contribution < -0.4 is 11.1 Å². The highest BCUT2D eigenvalue weighted by atomic mass is 35.5. The molecule has 0 unspecified atom stereocenters. The summed E-state index contributed by atoms with van der Waals surface area (Å²) in [6.07, 6.45) is 0.910. The lowest BCUT2D eigenvalue weighted by molar-refractivity contribution is 0.617. The van der Waals surface area contributed by atoms with Crippen LogP contribution in [-0.4, -0.2) is 13.1 Å². The van der Waals surface area contributed by atoms with Gasteiger partial charge in [-0.3, -0.25) is 0 Å². The van der Waals surface area contributed by atoms with Gasteiger partial charge in [0.15, 0.2) is 0 Å². The summed E-state index contributed by atoms with van der Waals surface area (Å²) in [6, 6.07) is 4.81. The maximum atomic E-state index is 13.0. The molecule has 0 amide bonds. The second-order valence-electron chi connectivity index (χ2n) is 3.03. The first-order chi connectivity index (χ1) is 6.75. The van der Waals surface area contributed by atoms with Crippen molar-refractivity contribution < 1.29 is 4.39 Å². The normalized spacial score (nSPS) is 10.5. The number of benzene rings is 1. The van der Waals surface area contributed by atoms with Crippen molar-refractivity contribution in [2.24, 2.45) is 5.73 Å². The van der Waals surface area contributed by atoms with E-state index in [-0.39, 0.29) is 10.8 Å². The highest BCUT2D eigenvalue weighted by molar-refractivity contribution is 6.31. The Morgan fingerprint density at radius 1 is 1.43 bits per heavy atom. The second-order valence-corrected chi connectivity index (χ2v) is 3.41. The maximum Gasteiger partial charge on any atom is 0.142 e. The van der Waals surface area contributed by atoms with Crippen LogP contribution in [0.5, 0.6) is 0 Å². The van der Waals surface area contributed by atoms with Crippen molar-refractivity contribution in [1.29, 1.82) is 0 Å². The van der Waals surface area contributed by atoms with Crippen LogP contribution in [0.3, 0.4) is 0 Å². The summed E-state index contributed by atoms with van der Waals surface area (Å²) in [5.41, 5.74) is 6.12. The largest absolute Gasteiger partial charge is 0.330 e. The van der Waals surface area contributed by atoms with E-state index in [1.807, 2.05) is 0 Å². The van der Waals surface area contributed by atoms with E-state index in [9.17, 15) is 4.39 Å². The zero-order valence-corrected chi connectivity index (χ0v) is 8.65. The van der Waals surface area contributed by atoms with Crippen molar-refractivity contribution in [2.45, 2.75) is 13.0 Å². The van der Waals surface area contributed by atoms with Gasteiger partial charge in [0.1, 0.15) is 5.82 Å². The van der Waals surface area contributed by atoms with Crippen LogP contribution in [0.1, 0.15) is 12.0 Å². The molecule has 0 saturated heterocycles. The fraction of sp³-hybridized carbons (Fsp3) is 0.400. The molecule has 0 radical (unpaired) electrons. The third-order valence-electron chi connectivity index (χ3n) is 1.90. The average Bonchev–Trinajstić information content (AvgIpc) is 2.19. The van der Waals surface area contributed by atoms with Crippen LogP contribution in [0.25, 0.3) is 0 Å². The molecular weight excluding hydrogens is 203 g/mol. The van der Waals surface area contributed by atoms with E-state index in [1.165, 1.54) is 6.07 Å². The van der Waals surface area contributed by atoms with Gasteiger partial charge in [-0.2, -0.15) is 0 Å². The lowest BCUT2D eigenvalue weighted by atomic mass is 10.2. The summed E-state index contributed by atoms with van der Waals surface area (Å²) < 4.78 is 13.0. The van der Waals surface area contributed by atoms with Crippen LogP contribution in [0.15, 0.2) is 18.2 Å². The van der Waals surface area contributed by atoms with Gasteiger partial charge in [0.05, 0.1) is 5.02 Å². The van der Waals surface area contributed by atoms with E-state index in [0.717, 1.165) is 18.5 Å². The first-order valence-electron chi connectivity index (χ1n) is 4.59. The molecule has 0 aromatic heterocycles. The Bertz CT molecular complexity index is 291. The number of rotatable bonds is 5. The van der Waals surface area contributed by atoms with Crippen LogP contribution in [0.2, 0.25) is 5.02 Å². The van der Waals surface area contributed by atoms with Crippen molar-refractivity contribution in [3.63, 3.8) is 0 Å². The molecular formula is C10H14ClFN2. The Kier molecular flexibility index (Phi) is 4.87. The predicted octanol–water partition coefficient (Wildman–Crippen LogP) is 1.92. The van der Waals surface area contributed by atoms with Gasteiger partial charge in [0, 0.05) is 6.54 Å². The van der Waals surface area contributed by atoms with E-state index >= 15 is 0 Å². The zero-order chi connectivity index (χ0) is 10.4. The number of halogens is 2. The first-order valence-corrected chi connectivity index (χ1v) is 4.97. The van der Waals surface area contributed by atoms with Gasteiger partial charge < -0.3 is 11.1 Å². The summed E-state index contributed by atoms with van der Waals surface area (Å²) >= 11 is 5.77. The molecule has 0 aliphatic carbocycles. The third-order valence-corrected chi connectivity index (χ3v) is 2.33.